The topological polar surface area (TPSA) is 111 Å². The van der Waals surface area contributed by atoms with Crippen molar-refractivity contribution in [1.29, 1.82) is 0 Å². The minimum absolute atomic E-state index is 0.0774. The number of aliphatic imine (C=N–C) groups is 1. The summed E-state index contributed by atoms with van der Waals surface area (Å²) in [6.45, 7) is 6.55. The van der Waals surface area contributed by atoms with Gasteiger partial charge in [-0.3, -0.25) is 0 Å². The molecule has 7 heteroatoms. The predicted molar refractivity (Wildman–Crippen MR) is 76.0 cm³/mol. The molecule has 19 heavy (non-hydrogen) atoms. The molecule has 1 aromatic carbocycles. The lowest BCUT2D eigenvalue weighted by Crippen LogP contribution is -2.32. The van der Waals surface area contributed by atoms with Gasteiger partial charge in [0.1, 0.15) is 0 Å². The highest BCUT2D eigenvalue weighted by atomic mass is 32.2. The van der Waals surface area contributed by atoms with Gasteiger partial charge in [-0.05, 0) is 24.6 Å². The number of hydrogen-bond donors (Lipinski definition) is 3. The normalized spacial score (nSPS) is 12.2. The van der Waals surface area contributed by atoms with Crippen LogP contribution >= 0.6 is 0 Å². The summed E-state index contributed by atoms with van der Waals surface area (Å²) < 4.78 is 22.1. The summed E-state index contributed by atoms with van der Waals surface area (Å²) >= 11 is 0. The summed E-state index contributed by atoms with van der Waals surface area (Å²) in [5.74, 6) is 0.318. The number of hydrogen-bond acceptors (Lipinski definition) is 3. The molecule has 104 valence electrons. The second-order valence-electron chi connectivity index (χ2n) is 4.20. The predicted octanol–water partition coefficient (Wildman–Crippen LogP) is 0.314. The first kappa shape index (κ1) is 15.2. The lowest BCUT2D eigenvalue weighted by Gasteiger charge is -2.05. The molecule has 0 aromatic heterocycles. The van der Waals surface area contributed by atoms with E-state index < -0.39 is 10.0 Å². The number of primary sulfonamides is 1. The lowest BCUT2D eigenvalue weighted by molar-refractivity contribution is 0.598. The lowest BCUT2D eigenvalue weighted by atomic mass is 10.2. The first-order chi connectivity index (χ1) is 8.79. The van der Waals surface area contributed by atoms with E-state index in [2.05, 4.69) is 16.9 Å². The average molecular weight is 282 g/mol. The fraction of sp³-hybridized carbons (Fsp3) is 0.250. The Morgan fingerprint density at radius 1 is 1.37 bits per heavy atom. The van der Waals surface area contributed by atoms with E-state index in [4.69, 9.17) is 10.9 Å². The van der Waals surface area contributed by atoms with Crippen molar-refractivity contribution in [2.75, 3.05) is 6.54 Å². The van der Waals surface area contributed by atoms with Crippen molar-refractivity contribution >= 4 is 16.0 Å². The van der Waals surface area contributed by atoms with Gasteiger partial charge in [-0.2, -0.15) is 0 Å². The minimum Gasteiger partial charge on any atom is -0.370 e. The molecule has 0 aliphatic carbocycles. The Hall–Kier alpha value is -1.86. The molecular formula is C12H18N4O2S. The molecule has 0 spiro atoms. The Bertz CT molecular complexity index is 576. The molecular weight excluding hydrogens is 264 g/mol. The number of nitrogens with one attached hydrogen (secondary N) is 1. The fourth-order valence-electron chi connectivity index (χ4n) is 1.26. The molecule has 0 aliphatic heterocycles. The van der Waals surface area contributed by atoms with Crippen molar-refractivity contribution in [2.45, 2.75) is 18.4 Å². The van der Waals surface area contributed by atoms with Gasteiger partial charge in [0, 0.05) is 6.54 Å². The highest BCUT2D eigenvalue weighted by Gasteiger charge is 2.06. The maximum Gasteiger partial charge on any atom is 0.238 e. The summed E-state index contributed by atoms with van der Waals surface area (Å²) in [5.41, 5.74) is 7.45. The third-order valence-electron chi connectivity index (χ3n) is 2.26. The Balaban J connectivity index is 2.64. The number of rotatable bonds is 5. The van der Waals surface area contributed by atoms with E-state index in [-0.39, 0.29) is 4.90 Å². The van der Waals surface area contributed by atoms with E-state index in [1.54, 1.807) is 12.1 Å². The average Bonchev–Trinajstić information content (AvgIpc) is 2.33. The molecule has 0 radical (unpaired) electrons. The minimum atomic E-state index is -3.65. The summed E-state index contributed by atoms with van der Waals surface area (Å²) in [6.07, 6.45) is 0. The van der Waals surface area contributed by atoms with Crippen LogP contribution in [0, 0.1) is 0 Å². The van der Waals surface area contributed by atoms with Gasteiger partial charge in [0.05, 0.1) is 11.4 Å². The molecule has 0 saturated heterocycles. The van der Waals surface area contributed by atoms with E-state index in [0.29, 0.717) is 19.0 Å². The maximum absolute atomic E-state index is 11.1. The van der Waals surface area contributed by atoms with Gasteiger partial charge in [-0.1, -0.05) is 24.3 Å². The third-order valence-corrected chi connectivity index (χ3v) is 3.18. The van der Waals surface area contributed by atoms with Crippen LogP contribution in [0.1, 0.15) is 12.5 Å². The Morgan fingerprint density at radius 2 is 1.95 bits per heavy atom. The first-order valence-electron chi connectivity index (χ1n) is 5.59. The van der Waals surface area contributed by atoms with Gasteiger partial charge in [-0.25, -0.2) is 18.5 Å². The first-order valence-corrected chi connectivity index (χ1v) is 7.13. The van der Waals surface area contributed by atoms with Crippen LogP contribution in [0.4, 0.5) is 0 Å². The highest BCUT2D eigenvalue weighted by Crippen LogP contribution is 2.09. The quantitative estimate of drug-likeness (QED) is 0.410. The van der Waals surface area contributed by atoms with Gasteiger partial charge < -0.3 is 11.1 Å². The molecule has 0 atom stereocenters. The van der Waals surface area contributed by atoms with Crippen molar-refractivity contribution in [3.05, 3.63) is 42.0 Å². The Morgan fingerprint density at radius 3 is 2.42 bits per heavy atom. The molecule has 0 fully saturated rings. The van der Waals surface area contributed by atoms with Gasteiger partial charge in [0.2, 0.25) is 10.0 Å². The van der Waals surface area contributed by atoms with Gasteiger partial charge in [0.15, 0.2) is 5.96 Å². The molecule has 0 unspecified atom stereocenters. The zero-order chi connectivity index (χ0) is 14.5. The van der Waals surface area contributed by atoms with Crippen LogP contribution in [-0.2, 0) is 16.6 Å². The third kappa shape index (κ3) is 5.54. The van der Waals surface area contributed by atoms with Crippen molar-refractivity contribution in [3.63, 3.8) is 0 Å². The number of guanidine groups is 1. The zero-order valence-corrected chi connectivity index (χ0v) is 11.6. The molecule has 6 nitrogen and oxygen atoms in total. The number of nitrogens with two attached hydrogens (primary N) is 2. The highest BCUT2D eigenvalue weighted by molar-refractivity contribution is 7.89. The monoisotopic (exact) mass is 282 g/mol. The van der Waals surface area contributed by atoms with Crippen molar-refractivity contribution in [1.82, 2.24) is 5.32 Å². The number of sulfonamides is 1. The Labute approximate surface area is 113 Å². The van der Waals surface area contributed by atoms with Crippen LogP contribution in [0.3, 0.4) is 0 Å². The van der Waals surface area contributed by atoms with Crippen LogP contribution in [-0.4, -0.2) is 20.9 Å². The van der Waals surface area contributed by atoms with E-state index in [1.807, 2.05) is 6.92 Å². The summed E-state index contributed by atoms with van der Waals surface area (Å²) in [4.78, 5) is 4.20. The second-order valence-corrected chi connectivity index (χ2v) is 5.76. The van der Waals surface area contributed by atoms with Crippen molar-refractivity contribution in [2.24, 2.45) is 15.9 Å². The van der Waals surface area contributed by atoms with Gasteiger partial charge in [-0.15, -0.1) is 0 Å². The molecule has 5 N–H and O–H groups in total. The van der Waals surface area contributed by atoms with Gasteiger partial charge in [0.25, 0.3) is 0 Å². The van der Waals surface area contributed by atoms with Crippen LogP contribution < -0.4 is 16.2 Å². The molecule has 1 aromatic rings. The van der Waals surface area contributed by atoms with Crippen LogP contribution in [0.5, 0.6) is 0 Å². The molecule has 0 amide bonds. The largest absolute Gasteiger partial charge is 0.370 e. The summed E-state index contributed by atoms with van der Waals surface area (Å²) in [6, 6.07) is 6.18. The smallest absolute Gasteiger partial charge is 0.238 e. The molecule has 0 bridgehead atoms. The van der Waals surface area contributed by atoms with E-state index >= 15 is 0 Å². The van der Waals surface area contributed by atoms with Gasteiger partial charge >= 0.3 is 0 Å². The fourth-order valence-corrected chi connectivity index (χ4v) is 1.77. The van der Waals surface area contributed by atoms with Crippen molar-refractivity contribution < 1.29 is 8.42 Å². The van der Waals surface area contributed by atoms with Crippen molar-refractivity contribution in [3.8, 4) is 0 Å². The van der Waals surface area contributed by atoms with Crippen LogP contribution in [0.2, 0.25) is 0 Å². The molecule has 0 aliphatic rings. The molecule has 0 saturated carbocycles. The maximum atomic E-state index is 11.1. The second kappa shape index (κ2) is 6.35. The number of nitrogens with zero attached hydrogens (tertiary/aromatic N) is 1. The molecule has 0 heterocycles. The molecule has 1 rings (SSSR count). The zero-order valence-electron chi connectivity index (χ0n) is 10.8. The SMILES string of the molecule is C=C(C)CNC(N)=NCc1ccc(S(N)(=O)=O)cc1. The standard InChI is InChI=1S/C12H18N4O2S/c1-9(2)7-15-12(13)16-8-10-3-5-11(6-4-10)19(14,17)18/h3-6H,1,7-8H2,2H3,(H3,13,15,16)(H2,14,17,18). The van der Waals surface area contributed by atoms with Crippen LogP contribution in [0.25, 0.3) is 0 Å². The summed E-state index contributed by atoms with van der Waals surface area (Å²) in [5, 5.41) is 7.90. The number of benzene rings is 1. The Kier molecular flexibility index (Phi) is 5.08. The van der Waals surface area contributed by atoms with Crippen LogP contribution in [0.15, 0.2) is 46.3 Å². The van der Waals surface area contributed by atoms with E-state index in [0.717, 1.165) is 11.1 Å². The van der Waals surface area contributed by atoms with E-state index in [1.165, 1.54) is 12.1 Å². The van der Waals surface area contributed by atoms with E-state index in [9.17, 15) is 8.42 Å². The summed E-state index contributed by atoms with van der Waals surface area (Å²) in [7, 11) is -3.65.